The zero-order valence-electron chi connectivity index (χ0n) is 11.7. The lowest BCUT2D eigenvalue weighted by molar-refractivity contribution is 0.0266. The molecule has 1 aliphatic carbocycles. The van der Waals surface area contributed by atoms with E-state index in [9.17, 15) is 9.90 Å². The van der Waals surface area contributed by atoms with Crippen molar-refractivity contribution < 1.29 is 19.1 Å². The Morgan fingerprint density at radius 3 is 2.84 bits per heavy atom. The van der Waals surface area contributed by atoms with Gasteiger partial charge in [-0.05, 0) is 38.8 Å². The van der Waals surface area contributed by atoms with Crippen molar-refractivity contribution in [1.82, 2.24) is 4.90 Å². The maximum Gasteiger partial charge on any atom is 0.341 e. The molecule has 1 heterocycles. The van der Waals surface area contributed by atoms with Crippen molar-refractivity contribution in [3.63, 3.8) is 0 Å². The summed E-state index contributed by atoms with van der Waals surface area (Å²) in [4.78, 5) is 13.6. The molecule has 1 saturated carbocycles. The molecule has 0 aliphatic heterocycles. The summed E-state index contributed by atoms with van der Waals surface area (Å²) in [6, 6.07) is 1.74. The largest absolute Gasteiger partial charge is 0.465 e. The Balaban J connectivity index is 1.90. The van der Waals surface area contributed by atoms with Crippen LogP contribution < -0.4 is 0 Å². The summed E-state index contributed by atoms with van der Waals surface area (Å²) in [5.41, 5.74) is 0.491. The number of hydrogen-bond donors (Lipinski definition) is 1. The molecule has 1 aromatic rings. The van der Waals surface area contributed by atoms with E-state index in [2.05, 4.69) is 4.90 Å². The lowest BCUT2D eigenvalue weighted by Crippen LogP contribution is -2.36. The van der Waals surface area contributed by atoms with Gasteiger partial charge in [-0.25, -0.2) is 4.79 Å². The number of nitrogens with zero attached hydrogens (tertiary/aromatic N) is 1. The molecule has 0 aromatic carbocycles. The molecule has 5 heteroatoms. The minimum atomic E-state index is -0.364. The summed E-state index contributed by atoms with van der Waals surface area (Å²) in [5, 5.41) is 9.26. The van der Waals surface area contributed by atoms with Gasteiger partial charge in [-0.1, -0.05) is 0 Å². The minimum absolute atomic E-state index is 0.116. The van der Waals surface area contributed by atoms with Crippen LogP contribution in [0.3, 0.4) is 0 Å². The van der Waals surface area contributed by atoms with Crippen LogP contribution in [0.5, 0.6) is 0 Å². The van der Waals surface area contributed by atoms with Gasteiger partial charge in [0.05, 0.1) is 19.8 Å². The summed E-state index contributed by atoms with van der Waals surface area (Å²) < 4.78 is 10.3. The van der Waals surface area contributed by atoms with E-state index < -0.39 is 0 Å². The van der Waals surface area contributed by atoms with Gasteiger partial charge < -0.3 is 14.3 Å². The molecule has 1 fully saturated rings. The second-order valence-corrected chi connectivity index (χ2v) is 5.36. The molecule has 0 bridgehead atoms. The molecular formula is C14H21NO4. The SMILES string of the molecule is COC(=O)c1cc(CN(C)CC2CC(O)C2)oc1C. The fourth-order valence-corrected chi connectivity index (χ4v) is 2.56. The summed E-state index contributed by atoms with van der Waals surface area (Å²) >= 11 is 0. The lowest BCUT2D eigenvalue weighted by Gasteiger charge is -2.34. The number of aliphatic hydroxyl groups excluding tert-OH is 1. The van der Waals surface area contributed by atoms with E-state index in [-0.39, 0.29) is 12.1 Å². The zero-order valence-corrected chi connectivity index (χ0v) is 11.7. The van der Waals surface area contributed by atoms with Crippen LogP contribution in [0.1, 0.15) is 34.7 Å². The topological polar surface area (TPSA) is 62.9 Å². The zero-order chi connectivity index (χ0) is 14.0. The van der Waals surface area contributed by atoms with E-state index in [1.807, 2.05) is 7.05 Å². The third-order valence-electron chi connectivity index (χ3n) is 3.58. The average molecular weight is 267 g/mol. The molecule has 19 heavy (non-hydrogen) atoms. The summed E-state index contributed by atoms with van der Waals surface area (Å²) in [5.74, 6) is 1.56. The minimum Gasteiger partial charge on any atom is -0.465 e. The lowest BCUT2D eigenvalue weighted by atomic mass is 9.82. The second kappa shape index (κ2) is 5.75. The smallest absolute Gasteiger partial charge is 0.341 e. The maximum atomic E-state index is 11.5. The first-order valence-electron chi connectivity index (χ1n) is 6.53. The van der Waals surface area contributed by atoms with Crippen molar-refractivity contribution in [1.29, 1.82) is 0 Å². The molecule has 0 saturated heterocycles. The Labute approximate surface area is 113 Å². The quantitative estimate of drug-likeness (QED) is 0.821. The van der Waals surface area contributed by atoms with E-state index in [0.717, 1.165) is 25.1 Å². The predicted octanol–water partition coefficient (Wildman–Crippen LogP) is 1.58. The van der Waals surface area contributed by atoms with Crippen LogP contribution >= 0.6 is 0 Å². The van der Waals surface area contributed by atoms with Gasteiger partial charge in [-0.2, -0.15) is 0 Å². The number of carbonyl (C=O) groups excluding carboxylic acids is 1. The molecule has 0 unspecified atom stereocenters. The molecule has 1 aliphatic rings. The van der Waals surface area contributed by atoms with Crippen LogP contribution in [0.15, 0.2) is 10.5 Å². The molecular weight excluding hydrogens is 246 g/mol. The monoisotopic (exact) mass is 267 g/mol. The maximum absolute atomic E-state index is 11.5. The Hall–Kier alpha value is -1.33. The van der Waals surface area contributed by atoms with Gasteiger partial charge in [-0.15, -0.1) is 0 Å². The van der Waals surface area contributed by atoms with Crippen LogP contribution in [0.2, 0.25) is 0 Å². The van der Waals surface area contributed by atoms with Gasteiger partial charge in [0.25, 0.3) is 0 Å². The van der Waals surface area contributed by atoms with E-state index in [1.165, 1.54) is 7.11 Å². The van der Waals surface area contributed by atoms with Crippen LogP contribution in [-0.2, 0) is 11.3 Å². The van der Waals surface area contributed by atoms with Crippen LogP contribution in [0.4, 0.5) is 0 Å². The molecule has 1 aromatic heterocycles. The Kier molecular flexibility index (Phi) is 4.27. The van der Waals surface area contributed by atoms with Gasteiger partial charge in [0.15, 0.2) is 0 Å². The standard InChI is InChI=1S/C14H21NO4/c1-9-13(14(17)18-3)6-12(19-9)8-15(2)7-10-4-11(16)5-10/h6,10-11,16H,4-5,7-8H2,1-3H3. The first-order chi connectivity index (χ1) is 8.99. The van der Waals surface area contributed by atoms with Gasteiger partial charge >= 0.3 is 5.97 Å². The van der Waals surface area contributed by atoms with Crippen LogP contribution in [-0.4, -0.2) is 42.8 Å². The number of carbonyl (C=O) groups is 1. The number of aryl methyl sites for hydroxylation is 1. The fourth-order valence-electron chi connectivity index (χ4n) is 2.56. The van der Waals surface area contributed by atoms with E-state index in [0.29, 0.717) is 23.8 Å². The number of hydrogen-bond acceptors (Lipinski definition) is 5. The van der Waals surface area contributed by atoms with Gasteiger partial charge in [-0.3, -0.25) is 4.90 Å². The summed E-state index contributed by atoms with van der Waals surface area (Å²) in [6.45, 7) is 3.35. The average Bonchev–Trinajstić information content (AvgIpc) is 2.67. The van der Waals surface area contributed by atoms with Crippen molar-refractivity contribution in [2.45, 2.75) is 32.4 Å². The Morgan fingerprint density at radius 1 is 1.58 bits per heavy atom. The number of esters is 1. The summed E-state index contributed by atoms with van der Waals surface area (Å²) in [7, 11) is 3.38. The third kappa shape index (κ3) is 3.36. The normalized spacial score (nSPS) is 22.4. The van der Waals surface area contributed by atoms with Gasteiger partial charge in [0.2, 0.25) is 0 Å². The van der Waals surface area contributed by atoms with Crippen molar-refractivity contribution in [2.24, 2.45) is 5.92 Å². The highest BCUT2D eigenvalue weighted by atomic mass is 16.5. The third-order valence-corrected chi connectivity index (χ3v) is 3.58. The molecule has 0 spiro atoms. The highest BCUT2D eigenvalue weighted by Gasteiger charge is 2.28. The number of aliphatic hydroxyl groups is 1. The highest BCUT2D eigenvalue weighted by Crippen LogP contribution is 2.28. The van der Waals surface area contributed by atoms with E-state index >= 15 is 0 Å². The second-order valence-electron chi connectivity index (χ2n) is 5.36. The van der Waals surface area contributed by atoms with E-state index in [1.54, 1.807) is 13.0 Å². The van der Waals surface area contributed by atoms with Crippen molar-refractivity contribution in [3.8, 4) is 0 Å². The van der Waals surface area contributed by atoms with Crippen LogP contribution in [0.25, 0.3) is 0 Å². The number of methoxy groups -OCH3 is 1. The first-order valence-corrected chi connectivity index (χ1v) is 6.53. The fraction of sp³-hybridized carbons (Fsp3) is 0.643. The predicted molar refractivity (Wildman–Crippen MR) is 69.8 cm³/mol. The van der Waals surface area contributed by atoms with Crippen molar-refractivity contribution >= 4 is 5.97 Å². The summed E-state index contributed by atoms with van der Waals surface area (Å²) in [6.07, 6.45) is 1.65. The van der Waals surface area contributed by atoms with Gasteiger partial charge in [0.1, 0.15) is 17.1 Å². The highest BCUT2D eigenvalue weighted by molar-refractivity contribution is 5.90. The van der Waals surface area contributed by atoms with E-state index in [4.69, 9.17) is 9.15 Å². The molecule has 5 nitrogen and oxygen atoms in total. The molecule has 1 N–H and O–H groups in total. The Bertz CT molecular complexity index is 448. The number of rotatable bonds is 5. The van der Waals surface area contributed by atoms with Crippen molar-refractivity contribution in [3.05, 3.63) is 23.2 Å². The van der Waals surface area contributed by atoms with Crippen LogP contribution in [0, 0.1) is 12.8 Å². The number of furan rings is 1. The molecule has 2 rings (SSSR count). The Morgan fingerprint density at radius 2 is 2.26 bits per heavy atom. The van der Waals surface area contributed by atoms with Crippen molar-refractivity contribution in [2.75, 3.05) is 20.7 Å². The molecule has 106 valence electrons. The molecule has 0 atom stereocenters. The number of ether oxygens (including phenoxy) is 1. The molecule has 0 radical (unpaired) electrons. The van der Waals surface area contributed by atoms with Gasteiger partial charge in [0, 0.05) is 6.54 Å². The molecule has 0 amide bonds. The first kappa shape index (κ1) is 14.1.